The molecule has 1 saturated carbocycles. The summed E-state index contributed by atoms with van der Waals surface area (Å²) in [5.74, 6) is 0.617. The number of carbonyl (C=O) groups excluding carboxylic acids is 2. The average Bonchev–Trinajstić information content (AvgIpc) is 3.38. The van der Waals surface area contributed by atoms with Crippen LogP contribution in [-0.2, 0) is 9.59 Å². The van der Waals surface area contributed by atoms with Crippen LogP contribution in [0.1, 0.15) is 32.1 Å². The predicted molar refractivity (Wildman–Crippen MR) is 87.9 cm³/mol. The molecule has 2 N–H and O–H groups in total. The first-order chi connectivity index (χ1) is 10.2. The van der Waals surface area contributed by atoms with Gasteiger partial charge in [0.25, 0.3) is 0 Å². The number of amides is 2. The van der Waals surface area contributed by atoms with Crippen molar-refractivity contribution in [2.24, 2.45) is 11.8 Å². The smallest absolute Gasteiger partial charge is 0.225 e. The molecule has 0 aromatic carbocycles. The number of nitrogens with zero attached hydrogens (tertiary/aromatic N) is 1. The number of piperidine rings is 1. The Labute approximate surface area is 138 Å². The van der Waals surface area contributed by atoms with Crippen molar-refractivity contribution in [3.63, 3.8) is 0 Å². The van der Waals surface area contributed by atoms with Gasteiger partial charge < -0.3 is 15.5 Å². The highest BCUT2D eigenvalue weighted by Crippen LogP contribution is 2.32. The largest absolute Gasteiger partial charge is 0.352 e. The number of hydrogen-bond donors (Lipinski definition) is 2. The van der Waals surface area contributed by atoms with Crippen molar-refractivity contribution in [3.8, 4) is 0 Å². The molecule has 0 bridgehead atoms. The lowest BCUT2D eigenvalue weighted by molar-refractivity contribution is -0.136. The summed E-state index contributed by atoms with van der Waals surface area (Å²) in [5, 5.41) is 6.32. The Morgan fingerprint density at radius 2 is 2.09 bits per heavy atom. The third kappa shape index (κ3) is 4.46. The molecule has 2 amide bonds. The van der Waals surface area contributed by atoms with Crippen molar-refractivity contribution in [1.29, 1.82) is 0 Å². The molecule has 5 nitrogen and oxygen atoms in total. The van der Waals surface area contributed by atoms with Crippen LogP contribution in [0.2, 0.25) is 0 Å². The monoisotopic (exact) mass is 327 g/mol. The maximum atomic E-state index is 12.3. The zero-order chi connectivity index (χ0) is 14.7. The summed E-state index contributed by atoms with van der Waals surface area (Å²) in [6, 6.07) is 0. The quantitative estimate of drug-likeness (QED) is 0.760. The number of likely N-dealkylation sites (tertiary alicyclic amines) is 1. The van der Waals surface area contributed by atoms with Crippen LogP contribution in [0, 0.1) is 11.8 Å². The molecule has 22 heavy (non-hydrogen) atoms. The first kappa shape index (κ1) is 17.3. The van der Waals surface area contributed by atoms with Gasteiger partial charge in [0, 0.05) is 32.1 Å². The summed E-state index contributed by atoms with van der Waals surface area (Å²) < 4.78 is 0. The van der Waals surface area contributed by atoms with Gasteiger partial charge in [0.15, 0.2) is 0 Å². The standard InChI is InChI=1S/C16H25N3O2.ClH/c20-15(18-10-12-5-7-17-8-6-12)14-2-1-9-19(11-14)16(21)13-3-4-13;/h5,13-14,17H,1-4,6-11H2,(H,18,20);1H. The van der Waals surface area contributed by atoms with E-state index in [0.717, 1.165) is 51.7 Å². The zero-order valence-corrected chi connectivity index (χ0v) is 13.8. The van der Waals surface area contributed by atoms with Crippen LogP contribution < -0.4 is 10.6 Å². The highest BCUT2D eigenvalue weighted by atomic mass is 35.5. The molecule has 3 aliphatic rings. The Kier molecular flexibility index (Phi) is 6.26. The maximum Gasteiger partial charge on any atom is 0.225 e. The lowest BCUT2D eigenvalue weighted by Crippen LogP contribution is -2.46. The van der Waals surface area contributed by atoms with E-state index in [-0.39, 0.29) is 36.1 Å². The van der Waals surface area contributed by atoms with E-state index in [0.29, 0.717) is 13.1 Å². The van der Waals surface area contributed by atoms with Crippen molar-refractivity contribution in [1.82, 2.24) is 15.5 Å². The van der Waals surface area contributed by atoms with E-state index in [1.54, 1.807) is 0 Å². The van der Waals surface area contributed by atoms with Crippen LogP contribution in [0.3, 0.4) is 0 Å². The van der Waals surface area contributed by atoms with E-state index in [2.05, 4.69) is 16.7 Å². The molecule has 0 aromatic rings. The molecular formula is C16H26ClN3O2. The normalized spacial score (nSPS) is 25.0. The SMILES string of the molecule is Cl.O=C(NCC1=CCNCC1)C1CCCN(C(=O)C2CC2)C1. The predicted octanol–water partition coefficient (Wildman–Crippen LogP) is 1.09. The number of hydrogen-bond acceptors (Lipinski definition) is 3. The third-order valence-corrected chi connectivity index (χ3v) is 4.68. The Morgan fingerprint density at radius 3 is 2.77 bits per heavy atom. The molecule has 1 atom stereocenters. The minimum absolute atomic E-state index is 0. The molecule has 0 aromatic heterocycles. The Morgan fingerprint density at radius 1 is 1.27 bits per heavy atom. The summed E-state index contributed by atoms with van der Waals surface area (Å²) in [5.41, 5.74) is 1.31. The van der Waals surface area contributed by atoms with E-state index in [4.69, 9.17) is 0 Å². The van der Waals surface area contributed by atoms with Crippen LogP contribution in [0.4, 0.5) is 0 Å². The summed E-state index contributed by atoms with van der Waals surface area (Å²) in [7, 11) is 0. The van der Waals surface area contributed by atoms with Gasteiger partial charge >= 0.3 is 0 Å². The fourth-order valence-corrected chi connectivity index (χ4v) is 3.15. The lowest BCUT2D eigenvalue weighted by atomic mass is 9.96. The lowest BCUT2D eigenvalue weighted by Gasteiger charge is -2.32. The molecule has 0 spiro atoms. The zero-order valence-electron chi connectivity index (χ0n) is 13.0. The molecule has 1 saturated heterocycles. The fraction of sp³-hybridized carbons (Fsp3) is 0.750. The van der Waals surface area contributed by atoms with Crippen molar-refractivity contribution in [2.45, 2.75) is 32.1 Å². The molecule has 0 radical (unpaired) electrons. The number of rotatable bonds is 4. The second-order valence-corrected chi connectivity index (χ2v) is 6.43. The van der Waals surface area contributed by atoms with Crippen molar-refractivity contribution in [3.05, 3.63) is 11.6 Å². The number of halogens is 1. The Balaban J connectivity index is 0.00000176. The van der Waals surface area contributed by atoms with Crippen molar-refractivity contribution < 1.29 is 9.59 Å². The van der Waals surface area contributed by atoms with Gasteiger partial charge in [-0.1, -0.05) is 11.6 Å². The van der Waals surface area contributed by atoms with Gasteiger partial charge in [-0.2, -0.15) is 0 Å². The molecule has 2 heterocycles. The van der Waals surface area contributed by atoms with Gasteiger partial charge in [-0.05, 0) is 38.6 Å². The second-order valence-electron chi connectivity index (χ2n) is 6.43. The Bertz CT molecular complexity index is 449. The van der Waals surface area contributed by atoms with E-state index in [1.807, 2.05) is 4.90 Å². The summed E-state index contributed by atoms with van der Waals surface area (Å²) in [4.78, 5) is 26.3. The molecule has 1 aliphatic carbocycles. The van der Waals surface area contributed by atoms with E-state index in [1.165, 1.54) is 5.57 Å². The van der Waals surface area contributed by atoms with E-state index in [9.17, 15) is 9.59 Å². The second kappa shape index (κ2) is 7.97. The third-order valence-electron chi connectivity index (χ3n) is 4.68. The first-order valence-electron chi connectivity index (χ1n) is 8.19. The minimum Gasteiger partial charge on any atom is -0.352 e. The molecule has 124 valence electrons. The molecule has 6 heteroatoms. The average molecular weight is 328 g/mol. The van der Waals surface area contributed by atoms with E-state index >= 15 is 0 Å². The first-order valence-corrected chi connectivity index (χ1v) is 8.19. The minimum atomic E-state index is -0.0243. The molecule has 2 aliphatic heterocycles. The van der Waals surface area contributed by atoms with Crippen LogP contribution >= 0.6 is 12.4 Å². The highest BCUT2D eigenvalue weighted by Gasteiger charge is 2.36. The van der Waals surface area contributed by atoms with Gasteiger partial charge in [0.05, 0.1) is 5.92 Å². The summed E-state index contributed by atoms with van der Waals surface area (Å²) >= 11 is 0. The van der Waals surface area contributed by atoms with Crippen molar-refractivity contribution in [2.75, 3.05) is 32.7 Å². The number of nitrogens with one attached hydrogen (secondary N) is 2. The Hall–Kier alpha value is -1.07. The number of carbonyl (C=O) groups is 2. The van der Waals surface area contributed by atoms with Crippen LogP contribution in [-0.4, -0.2) is 49.4 Å². The van der Waals surface area contributed by atoms with Gasteiger partial charge in [0.1, 0.15) is 0 Å². The van der Waals surface area contributed by atoms with Crippen LogP contribution in [0.5, 0.6) is 0 Å². The maximum absolute atomic E-state index is 12.3. The van der Waals surface area contributed by atoms with Gasteiger partial charge in [-0.3, -0.25) is 9.59 Å². The molecule has 1 unspecified atom stereocenters. The van der Waals surface area contributed by atoms with Gasteiger partial charge in [-0.25, -0.2) is 0 Å². The highest BCUT2D eigenvalue weighted by molar-refractivity contribution is 5.85. The van der Waals surface area contributed by atoms with Crippen LogP contribution in [0.15, 0.2) is 11.6 Å². The van der Waals surface area contributed by atoms with E-state index < -0.39 is 0 Å². The van der Waals surface area contributed by atoms with Crippen molar-refractivity contribution >= 4 is 24.2 Å². The summed E-state index contributed by atoms with van der Waals surface area (Å²) in [6.45, 7) is 4.00. The fourth-order valence-electron chi connectivity index (χ4n) is 3.15. The topological polar surface area (TPSA) is 61.4 Å². The molecule has 3 rings (SSSR count). The van der Waals surface area contributed by atoms with Gasteiger partial charge in [0.2, 0.25) is 11.8 Å². The van der Waals surface area contributed by atoms with Gasteiger partial charge in [-0.15, -0.1) is 12.4 Å². The molecule has 2 fully saturated rings. The van der Waals surface area contributed by atoms with Crippen LogP contribution in [0.25, 0.3) is 0 Å². The summed E-state index contributed by atoms with van der Waals surface area (Å²) in [6.07, 6.45) is 7.09. The molecular weight excluding hydrogens is 302 g/mol.